The molecule has 0 aliphatic carbocycles. The minimum atomic E-state index is -0.339. The van der Waals surface area contributed by atoms with Crippen LogP contribution in [0, 0.1) is 10.1 Å². The predicted octanol–water partition coefficient (Wildman–Crippen LogP) is 3.39. The molecule has 0 aromatic heterocycles. The molecule has 5 heteroatoms. The van der Waals surface area contributed by atoms with Crippen LogP contribution in [0.4, 0.5) is 5.69 Å². The molecule has 0 fully saturated rings. The van der Waals surface area contributed by atoms with Crippen molar-refractivity contribution in [1.82, 2.24) is 5.32 Å². The molecule has 100 valence electrons. The molecule has 1 unspecified atom stereocenters. The molecule has 18 heavy (non-hydrogen) atoms. The first-order chi connectivity index (χ1) is 8.69. The Labute approximate surface area is 112 Å². The largest absolute Gasteiger partial charge is 0.309 e. The molecule has 0 heterocycles. The van der Waals surface area contributed by atoms with Crippen LogP contribution in [0.5, 0.6) is 0 Å². The van der Waals surface area contributed by atoms with Gasteiger partial charge in [0, 0.05) is 30.5 Å². The third-order valence-corrected chi connectivity index (χ3v) is 3.37. The van der Waals surface area contributed by atoms with Crippen LogP contribution in [0.3, 0.4) is 0 Å². The van der Waals surface area contributed by atoms with Crippen LogP contribution >= 0.6 is 11.8 Å². The number of nitrogens with zero attached hydrogens (tertiary/aromatic N) is 1. The van der Waals surface area contributed by atoms with E-state index in [0.717, 1.165) is 30.7 Å². The molecule has 0 aliphatic heterocycles. The molecule has 1 atom stereocenters. The predicted molar refractivity (Wildman–Crippen MR) is 77.1 cm³/mol. The van der Waals surface area contributed by atoms with Gasteiger partial charge in [-0.2, -0.15) is 11.8 Å². The molecule has 1 rings (SSSR count). The summed E-state index contributed by atoms with van der Waals surface area (Å²) in [4.78, 5) is 10.4. The quantitative estimate of drug-likeness (QED) is 0.446. The Kier molecular flexibility index (Phi) is 6.75. The lowest BCUT2D eigenvalue weighted by atomic mass is 10.0. The Morgan fingerprint density at radius 1 is 1.50 bits per heavy atom. The second-order valence-electron chi connectivity index (χ2n) is 4.14. The molecule has 1 aromatic rings. The highest BCUT2D eigenvalue weighted by Crippen LogP contribution is 2.22. The fourth-order valence-corrected chi connectivity index (χ4v) is 2.19. The van der Waals surface area contributed by atoms with Crippen molar-refractivity contribution in [1.29, 1.82) is 0 Å². The average Bonchev–Trinajstić information content (AvgIpc) is 2.38. The lowest BCUT2D eigenvalue weighted by molar-refractivity contribution is -0.384. The van der Waals surface area contributed by atoms with Crippen molar-refractivity contribution in [2.75, 3.05) is 18.6 Å². The summed E-state index contributed by atoms with van der Waals surface area (Å²) in [6.45, 7) is 3.05. The highest BCUT2D eigenvalue weighted by molar-refractivity contribution is 7.98. The lowest BCUT2D eigenvalue weighted by Crippen LogP contribution is -2.23. The van der Waals surface area contributed by atoms with Gasteiger partial charge in [-0.15, -0.1) is 0 Å². The van der Waals surface area contributed by atoms with Gasteiger partial charge in [0.05, 0.1) is 4.92 Å². The molecule has 1 aromatic carbocycles. The molecule has 0 spiro atoms. The lowest BCUT2D eigenvalue weighted by Gasteiger charge is -2.18. The number of nitro groups is 1. The van der Waals surface area contributed by atoms with E-state index < -0.39 is 0 Å². The maximum absolute atomic E-state index is 10.8. The van der Waals surface area contributed by atoms with E-state index in [1.165, 1.54) is 6.07 Å². The number of thioether (sulfide) groups is 1. The summed E-state index contributed by atoms with van der Waals surface area (Å²) in [5.41, 5.74) is 1.17. The van der Waals surface area contributed by atoms with Crippen LogP contribution in [0.25, 0.3) is 0 Å². The topological polar surface area (TPSA) is 55.2 Å². The third kappa shape index (κ3) is 4.66. The fourth-order valence-electron chi connectivity index (χ4n) is 1.87. The van der Waals surface area contributed by atoms with Crippen molar-refractivity contribution >= 4 is 17.4 Å². The van der Waals surface area contributed by atoms with E-state index in [1.54, 1.807) is 23.9 Å². The molecular weight excluding hydrogens is 248 g/mol. The number of hydrogen-bond donors (Lipinski definition) is 1. The van der Waals surface area contributed by atoms with Gasteiger partial charge in [0.2, 0.25) is 0 Å². The summed E-state index contributed by atoms with van der Waals surface area (Å²) >= 11 is 1.79. The zero-order valence-electron chi connectivity index (χ0n) is 10.9. The number of non-ortho nitro benzene ring substituents is 1. The molecule has 0 aliphatic rings. The van der Waals surface area contributed by atoms with Crippen LogP contribution in [-0.4, -0.2) is 23.5 Å². The molecule has 0 saturated heterocycles. The van der Waals surface area contributed by atoms with E-state index in [-0.39, 0.29) is 16.7 Å². The second kappa shape index (κ2) is 8.11. The van der Waals surface area contributed by atoms with Crippen LogP contribution in [0.2, 0.25) is 0 Å². The minimum absolute atomic E-state index is 0.167. The van der Waals surface area contributed by atoms with Gasteiger partial charge in [0.25, 0.3) is 5.69 Å². The Morgan fingerprint density at radius 3 is 2.89 bits per heavy atom. The van der Waals surface area contributed by atoms with Gasteiger partial charge < -0.3 is 5.32 Å². The van der Waals surface area contributed by atoms with Gasteiger partial charge in [-0.3, -0.25) is 10.1 Å². The number of nitro benzene ring substituents is 1. The van der Waals surface area contributed by atoms with Gasteiger partial charge >= 0.3 is 0 Å². The summed E-state index contributed by atoms with van der Waals surface area (Å²) in [6.07, 6.45) is 4.12. The summed E-state index contributed by atoms with van der Waals surface area (Å²) in [5.74, 6) is 1.05. The SMILES string of the molecule is CCCC(NCCSC)c1cccc([N+](=O)[O-])c1. The molecule has 0 bridgehead atoms. The first-order valence-electron chi connectivity index (χ1n) is 6.15. The zero-order chi connectivity index (χ0) is 13.4. The maximum atomic E-state index is 10.8. The van der Waals surface area contributed by atoms with Crippen LogP contribution in [0.15, 0.2) is 24.3 Å². The summed E-state index contributed by atoms with van der Waals surface area (Å²) in [6, 6.07) is 7.13. The molecule has 0 saturated carbocycles. The van der Waals surface area contributed by atoms with E-state index in [4.69, 9.17) is 0 Å². The standard InChI is InChI=1S/C13H20N2O2S/c1-3-5-13(14-8-9-18-2)11-6-4-7-12(10-11)15(16)17/h4,6-7,10,13-14H,3,5,8-9H2,1-2H3. The van der Waals surface area contributed by atoms with Gasteiger partial charge in [0.15, 0.2) is 0 Å². The van der Waals surface area contributed by atoms with Gasteiger partial charge in [-0.1, -0.05) is 25.5 Å². The summed E-state index contributed by atoms with van der Waals surface area (Å²) in [5, 5.41) is 14.2. The smallest absolute Gasteiger partial charge is 0.269 e. The second-order valence-corrected chi connectivity index (χ2v) is 5.13. The average molecular weight is 268 g/mol. The molecule has 4 nitrogen and oxygen atoms in total. The van der Waals surface area contributed by atoms with Crippen molar-refractivity contribution in [3.63, 3.8) is 0 Å². The normalized spacial score (nSPS) is 12.3. The third-order valence-electron chi connectivity index (χ3n) is 2.76. The number of benzene rings is 1. The van der Waals surface area contributed by atoms with E-state index >= 15 is 0 Å². The Balaban J connectivity index is 2.77. The van der Waals surface area contributed by atoms with Crippen molar-refractivity contribution in [3.8, 4) is 0 Å². The van der Waals surface area contributed by atoms with Crippen LogP contribution < -0.4 is 5.32 Å². The molecule has 1 N–H and O–H groups in total. The highest BCUT2D eigenvalue weighted by Gasteiger charge is 2.13. The summed E-state index contributed by atoms with van der Waals surface area (Å²) in [7, 11) is 0. The Bertz CT molecular complexity index is 385. The van der Waals surface area contributed by atoms with Crippen molar-refractivity contribution in [2.45, 2.75) is 25.8 Å². The van der Waals surface area contributed by atoms with E-state index in [1.807, 2.05) is 6.07 Å². The van der Waals surface area contributed by atoms with E-state index in [2.05, 4.69) is 18.5 Å². The Hall–Kier alpha value is -1.07. The van der Waals surface area contributed by atoms with Gasteiger partial charge in [0.1, 0.15) is 0 Å². The number of rotatable bonds is 8. The number of nitrogens with one attached hydrogen (secondary N) is 1. The molecule has 0 radical (unpaired) electrons. The van der Waals surface area contributed by atoms with Crippen molar-refractivity contribution in [3.05, 3.63) is 39.9 Å². The maximum Gasteiger partial charge on any atom is 0.269 e. The minimum Gasteiger partial charge on any atom is -0.309 e. The van der Waals surface area contributed by atoms with Crippen molar-refractivity contribution < 1.29 is 4.92 Å². The zero-order valence-corrected chi connectivity index (χ0v) is 11.7. The number of hydrogen-bond acceptors (Lipinski definition) is 4. The summed E-state index contributed by atoms with van der Waals surface area (Å²) < 4.78 is 0. The van der Waals surface area contributed by atoms with Crippen molar-refractivity contribution in [2.24, 2.45) is 0 Å². The van der Waals surface area contributed by atoms with Gasteiger partial charge in [-0.05, 0) is 18.2 Å². The van der Waals surface area contributed by atoms with E-state index in [9.17, 15) is 10.1 Å². The molecular formula is C13H20N2O2S. The monoisotopic (exact) mass is 268 g/mol. The van der Waals surface area contributed by atoms with E-state index in [0.29, 0.717) is 0 Å². The molecule has 0 amide bonds. The highest BCUT2D eigenvalue weighted by atomic mass is 32.2. The van der Waals surface area contributed by atoms with Crippen LogP contribution in [0.1, 0.15) is 31.4 Å². The fraction of sp³-hybridized carbons (Fsp3) is 0.538. The Morgan fingerprint density at radius 2 is 2.28 bits per heavy atom. The van der Waals surface area contributed by atoms with Crippen LogP contribution in [-0.2, 0) is 0 Å². The first kappa shape index (κ1) is 15.0. The first-order valence-corrected chi connectivity index (χ1v) is 7.55. The van der Waals surface area contributed by atoms with Gasteiger partial charge in [-0.25, -0.2) is 0 Å².